The first kappa shape index (κ1) is 29.0. The molecule has 2 amide bonds. The predicted octanol–water partition coefficient (Wildman–Crippen LogP) is 4.26. The number of hydrogen-bond acceptors (Lipinski definition) is 6. The van der Waals surface area contributed by atoms with Gasteiger partial charge >= 0.3 is 0 Å². The molecule has 0 atom stereocenters. The topological polar surface area (TPSA) is 114 Å². The number of anilines is 2. The fourth-order valence-electron chi connectivity index (χ4n) is 3.59. The highest BCUT2D eigenvalue weighted by Gasteiger charge is 2.28. The van der Waals surface area contributed by atoms with Crippen LogP contribution in [-0.4, -0.2) is 54.1 Å². The van der Waals surface area contributed by atoms with Crippen molar-refractivity contribution in [3.63, 3.8) is 0 Å². The molecule has 3 aromatic rings. The Hall–Kier alpha value is -3.60. The Morgan fingerprint density at radius 3 is 2.37 bits per heavy atom. The molecule has 0 saturated carbocycles. The maximum Gasteiger partial charge on any atom is 0.264 e. The lowest BCUT2D eigenvalue weighted by Gasteiger charge is -2.25. The standard InChI is InChI=1S/C27H30ClN3O6S/c1-19-9-12-21(13-10-19)38(34,35)31(20-11-14-25(37-3)23(28)17-20)18-26(32)30-24-8-5-4-7-22(24)27(33)29-15-6-16-36-2/h4-5,7-14,17H,6,15-16,18H2,1-3H3,(H,29,33)(H,30,32). The summed E-state index contributed by atoms with van der Waals surface area (Å²) in [6.45, 7) is 2.17. The minimum Gasteiger partial charge on any atom is -0.495 e. The fourth-order valence-corrected chi connectivity index (χ4v) is 5.25. The first-order valence-corrected chi connectivity index (χ1v) is 13.6. The predicted molar refractivity (Wildman–Crippen MR) is 148 cm³/mol. The summed E-state index contributed by atoms with van der Waals surface area (Å²) in [5.74, 6) is -0.659. The third-order valence-electron chi connectivity index (χ3n) is 5.58. The Kier molecular flexibility index (Phi) is 10.1. The van der Waals surface area contributed by atoms with E-state index in [9.17, 15) is 18.0 Å². The van der Waals surface area contributed by atoms with Gasteiger partial charge in [-0.3, -0.25) is 13.9 Å². The molecule has 0 radical (unpaired) electrons. The zero-order valence-electron chi connectivity index (χ0n) is 21.4. The van der Waals surface area contributed by atoms with E-state index in [1.165, 1.54) is 37.4 Å². The number of rotatable bonds is 12. The van der Waals surface area contributed by atoms with Crippen LogP contribution in [0.5, 0.6) is 5.75 Å². The number of methoxy groups -OCH3 is 2. The van der Waals surface area contributed by atoms with Crippen LogP contribution >= 0.6 is 11.6 Å². The molecule has 3 rings (SSSR count). The van der Waals surface area contributed by atoms with Crippen LogP contribution in [0.4, 0.5) is 11.4 Å². The molecular weight excluding hydrogens is 530 g/mol. The molecule has 11 heteroatoms. The lowest BCUT2D eigenvalue weighted by molar-refractivity contribution is -0.114. The summed E-state index contributed by atoms with van der Waals surface area (Å²) in [5, 5.41) is 5.64. The molecule has 0 bridgehead atoms. The van der Waals surface area contributed by atoms with Crippen molar-refractivity contribution in [2.45, 2.75) is 18.2 Å². The first-order valence-electron chi connectivity index (χ1n) is 11.8. The van der Waals surface area contributed by atoms with E-state index in [0.717, 1.165) is 9.87 Å². The van der Waals surface area contributed by atoms with Gasteiger partial charge < -0.3 is 20.1 Å². The SMILES string of the molecule is COCCCNC(=O)c1ccccc1NC(=O)CN(c1ccc(OC)c(Cl)c1)S(=O)(=O)c1ccc(C)cc1. The second kappa shape index (κ2) is 13.3. The zero-order valence-corrected chi connectivity index (χ0v) is 22.9. The molecule has 0 saturated heterocycles. The van der Waals surface area contributed by atoms with Crippen molar-refractivity contribution >= 4 is 44.8 Å². The minimum atomic E-state index is -4.16. The van der Waals surface area contributed by atoms with Crippen molar-refractivity contribution in [1.29, 1.82) is 0 Å². The number of sulfonamides is 1. The molecule has 0 aromatic heterocycles. The normalized spacial score (nSPS) is 11.1. The molecule has 0 fully saturated rings. The quantitative estimate of drug-likeness (QED) is 0.321. The maximum absolute atomic E-state index is 13.6. The summed E-state index contributed by atoms with van der Waals surface area (Å²) in [5.41, 5.74) is 1.56. The van der Waals surface area contributed by atoms with E-state index in [4.69, 9.17) is 21.1 Å². The summed E-state index contributed by atoms with van der Waals surface area (Å²) in [6, 6.07) is 17.2. The highest BCUT2D eigenvalue weighted by atomic mass is 35.5. The highest BCUT2D eigenvalue weighted by molar-refractivity contribution is 7.92. The average Bonchev–Trinajstić information content (AvgIpc) is 2.90. The zero-order chi connectivity index (χ0) is 27.7. The van der Waals surface area contributed by atoms with Crippen LogP contribution < -0.4 is 19.7 Å². The molecule has 3 aromatic carbocycles. The number of nitrogens with zero attached hydrogens (tertiary/aromatic N) is 1. The van der Waals surface area contributed by atoms with E-state index in [1.807, 2.05) is 6.92 Å². The summed E-state index contributed by atoms with van der Waals surface area (Å²) in [7, 11) is -1.13. The van der Waals surface area contributed by atoms with Gasteiger partial charge in [0.05, 0.1) is 34.0 Å². The van der Waals surface area contributed by atoms with Crippen molar-refractivity contribution in [3.05, 3.63) is 82.9 Å². The molecule has 2 N–H and O–H groups in total. The van der Waals surface area contributed by atoms with Gasteiger partial charge in [-0.15, -0.1) is 0 Å². The van der Waals surface area contributed by atoms with Gasteiger partial charge in [-0.1, -0.05) is 41.4 Å². The van der Waals surface area contributed by atoms with Gasteiger partial charge in [-0.25, -0.2) is 8.42 Å². The molecule has 9 nitrogen and oxygen atoms in total. The Bertz CT molecular complexity index is 1380. The summed E-state index contributed by atoms with van der Waals surface area (Å²) in [6.07, 6.45) is 0.632. The van der Waals surface area contributed by atoms with Gasteiger partial charge in [0.25, 0.3) is 15.9 Å². The molecule has 0 aliphatic carbocycles. The highest BCUT2D eigenvalue weighted by Crippen LogP contribution is 2.32. The summed E-state index contributed by atoms with van der Waals surface area (Å²) in [4.78, 5) is 25.9. The van der Waals surface area contributed by atoms with E-state index in [2.05, 4.69) is 10.6 Å². The monoisotopic (exact) mass is 559 g/mol. The van der Waals surface area contributed by atoms with E-state index in [1.54, 1.807) is 43.5 Å². The van der Waals surface area contributed by atoms with Gasteiger partial charge in [0, 0.05) is 20.3 Å². The molecule has 202 valence electrons. The second-order valence-corrected chi connectivity index (χ2v) is 10.6. The third-order valence-corrected chi connectivity index (χ3v) is 7.66. The third kappa shape index (κ3) is 7.25. The number of amides is 2. The maximum atomic E-state index is 13.6. The molecule has 38 heavy (non-hydrogen) atoms. The van der Waals surface area contributed by atoms with Crippen LogP contribution in [0, 0.1) is 6.92 Å². The summed E-state index contributed by atoms with van der Waals surface area (Å²) >= 11 is 6.27. The van der Waals surface area contributed by atoms with Crippen molar-refractivity contribution in [2.75, 3.05) is 43.5 Å². The van der Waals surface area contributed by atoms with E-state index in [-0.39, 0.29) is 32.8 Å². The van der Waals surface area contributed by atoms with Gasteiger partial charge in [0.2, 0.25) is 5.91 Å². The molecule has 0 heterocycles. The average molecular weight is 560 g/mol. The molecule has 0 aliphatic rings. The summed E-state index contributed by atoms with van der Waals surface area (Å²) < 4.78 is 38.4. The van der Waals surface area contributed by atoms with E-state index >= 15 is 0 Å². The Morgan fingerprint density at radius 2 is 1.71 bits per heavy atom. The van der Waals surface area contributed by atoms with Crippen molar-refractivity contribution < 1.29 is 27.5 Å². The number of carbonyl (C=O) groups excluding carboxylic acids is 2. The van der Waals surface area contributed by atoms with Gasteiger partial charge in [-0.2, -0.15) is 0 Å². The first-order chi connectivity index (χ1) is 18.2. The van der Waals surface area contributed by atoms with Crippen LogP contribution in [0.3, 0.4) is 0 Å². The van der Waals surface area contributed by atoms with Gasteiger partial charge in [0.15, 0.2) is 0 Å². The van der Waals surface area contributed by atoms with Crippen LogP contribution in [0.1, 0.15) is 22.3 Å². The Morgan fingerprint density at radius 1 is 1.00 bits per heavy atom. The molecule has 0 unspecified atom stereocenters. The second-order valence-electron chi connectivity index (χ2n) is 8.34. The van der Waals surface area contributed by atoms with Crippen LogP contribution in [0.15, 0.2) is 71.6 Å². The smallest absolute Gasteiger partial charge is 0.264 e. The lowest BCUT2D eigenvalue weighted by Crippen LogP contribution is -2.38. The van der Waals surface area contributed by atoms with Crippen LogP contribution in [0.2, 0.25) is 5.02 Å². The molecule has 0 aliphatic heterocycles. The van der Waals surface area contributed by atoms with Crippen molar-refractivity contribution in [1.82, 2.24) is 5.32 Å². The van der Waals surface area contributed by atoms with Crippen LogP contribution in [-0.2, 0) is 19.6 Å². The Labute approximate surface area is 227 Å². The number of benzene rings is 3. The van der Waals surface area contributed by atoms with Crippen molar-refractivity contribution in [2.24, 2.45) is 0 Å². The number of ether oxygens (including phenoxy) is 2. The minimum absolute atomic E-state index is 0.0127. The lowest BCUT2D eigenvalue weighted by atomic mass is 10.1. The largest absolute Gasteiger partial charge is 0.495 e. The van der Waals surface area contributed by atoms with Gasteiger partial charge in [0.1, 0.15) is 12.3 Å². The molecular formula is C27H30ClN3O6S. The number of aryl methyl sites for hydroxylation is 1. The molecule has 0 spiro atoms. The number of nitrogens with one attached hydrogen (secondary N) is 2. The van der Waals surface area contributed by atoms with Gasteiger partial charge in [-0.05, 0) is 55.8 Å². The van der Waals surface area contributed by atoms with Crippen LogP contribution in [0.25, 0.3) is 0 Å². The fraction of sp³-hybridized carbons (Fsp3) is 0.259. The number of hydrogen-bond donors (Lipinski definition) is 2. The van der Waals surface area contributed by atoms with Crippen molar-refractivity contribution in [3.8, 4) is 5.75 Å². The number of para-hydroxylation sites is 1. The van der Waals surface area contributed by atoms with E-state index < -0.39 is 22.5 Å². The number of halogens is 1. The number of carbonyl (C=O) groups is 2. The Balaban J connectivity index is 1.89. The van der Waals surface area contributed by atoms with E-state index in [0.29, 0.717) is 25.3 Å².